The summed E-state index contributed by atoms with van der Waals surface area (Å²) in [6, 6.07) is 5.35. The first-order valence-corrected chi connectivity index (χ1v) is 6.03. The van der Waals surface area contributed by atoms with Gasteiger partial charge in [0.05, 0.1) is 4.92 Å². The molecule has 1 aromatic rings. The molecule has 0 unspecified atom stereocenters. The Kier molecular flexibility index (Phi) is 3.05. The van der Waals surface area contributed by atoms with Crippen molar-refractivity contribution in [2.45, 2.75) is 45.1 Å². The lowest BCUT2D eigenvalue weighted by Crippen LogP contribution is -2.31. The predicted molar refractivity (Wildman–Crippen MR) is 68.3 cm³/mol. The van der Waals surface area contributed by atoms with Crippen molar-refractivity contribution in [1.29, 1.82) is 0 Å². The second-order valence-corrected chi connectivity index (χ2v) is 5.17. The molecule has 0 bridgehead atoms. The van der Waals surface area contributed by atoms with Crippen LogP contribution in [0.1, 0.15) is 38.2 Å². The van der Waals surface area contributed by atoms with Crippen LogP contribution in [-0.4, -0.2) is 10.5 Å². The van der Waals surface area contributed by atoms with Crippen molar-refractivity contribution in [2.24, 2.45) is 0 Å². The van der Waals surface area contributed by atoms with E-state index in [2.05, 4.69) is 12.2 Å². The molecule has 1 fully saturated rings. The highest BCUT2D eigenvalue weighted by Crippen LogP contribution is 2.35. The summed E-state index contributed by atoms with van der Waals surface area (Å²) in [5, 5.41) is 14.4. The van der Waals surface area contributed by atoms with Gasteiger partial charge in [-0.3, -0.25) is 10.1 Å². The highest BCUT2D eigenvalue weighted by atomic mass is 16.6. The fourth-order valence-electron chi connectivity index (χ4n) is 2.50. The molecule has 17 heavy (non-hydrogen) atoms. The van der Waals surface area contributed by atoms with Gasteiger partial charge in [-0.2, -0.15) is 0 Å². The standard InChI is InChI=1S/C13H18N2O2/c1-10-5-6-11(12(9-10)15(16)17)14-13(2)7-3-4-8-13/h5-6,9,14H,3-4,7-8H2,1-2H3. The predicted octanol–water partition coefficient (Wildman–Crippen LogP) is 3.65. The number of aryl methyl sites for hydroxylation is 1. The molecule has 0 aliphatic heterocycles. The smallest absolute Gasteiger partial charge is 0.292 e. The van der Waals surface area contributed by atoms with Gasteiger partial charge in [0.25, 0.3) is 5.69 Å². The number of benzene rings is 1. The summed E-state index contributed by atoms with van der Waals surface area (Å²) < 4.78 is 0. The van der Waals surface area contributed by atoms with Crippen molar-refractivity contribution in [1.82, 2.24) is 0 Å². The maximum Gasteiger partial charge on any atom is 0.292 e. The minimum absolute atomic E-state index is 0.0139. The minimum Gasteiger partial charge on any atom is -0.374 e. The first kappa shape index (κ1) is 11.9. The van der Waals surface area contributed by atoms with Crippen LogP contribution in [0.25, 0.3) is 0 Å². The third kappa shape index (κ3) is 2.57. The van der Waals surface area contributed by atoms with Gasteiger partial charge in [0, 0.05) is 11.6 Å². The van der Waals surface area contributed by atoms with Gasteiger partial charge in [0.1, 0.15) is 5.69 Å². The lowest BCUT2D eigenvalue weighted by molar-refractivity contribution is -0.384. The molecule has 0 radical (unpaired) electrons. The Hall–Kier alpha value is -1.58. The summed E-state index contributed by atoms with van der Waals surface area (Å²) in [4.78, 5) is 10.7. The Labute approximate surface area is 101 Å². The highest BCUT2D eigenvalue weighted by molar-refractivity contribution is 5.63. The van der Waals surface area contributed by atoms with Gasteiger partial charge in [-0.1, -0.05) is 18.9 Å². The molecule has 0 spiro atoms. The maximum atomic E-state index is 11.0. The Morgan fingerprint density at radius 2 is 2.00 bits per heavy atom. The lowest BCUT2D eigenvalue weighted by atomic mass is 10.00. The van der Waals surface area contributed by atoms with E-state index in [0.29, 0.717) is 5.69 Å². The molecule has 1 saturated carbocycles. The molecule has 1 aromatic carbocycles. The number of nitro benzene ring substituents is 1. The number of anilines is 1. The summed E-state index contributed by atoms with van der Waals surface area (Å²) in [5.74, 6) is 0. The molecule has 4 nitrogen and oxygen atoms in total. The molecular formula is C13H18N2O2. The van der Waals surface area contributed by atoms with Gasteiger partial charge >= 0.3 is 0 Å². The second kappa shape index (κ2) is 4.35. The van der Waals surface area contributed by atoms with Crippen LogP contribution in [0.2, 0.25) is 0 Å². The number of nitrogens with zero attached hydrogens (tertiary/aromatic N) is 1. The zero-order chi connectivity index (χ0) is 12.5. The van der Waals surface area contributed by atoms with E-state index in [0.717, 1.165) is 18.4 Å². The molecule has 0 amide bonds. The Bertz CT molecular complexity index is 437. The lowest BCUT2D eigenvalue weighted by Gasteiger charge is -2.26. The van der Waals surface area contributed by atoms with E-state index in [9.17, 15) is 10.1 Å². The van der Waals surface area contributed by atoms with Crippen LogP contribution in [0, 0.1) is 17.0 Å². The molecule has 0 heterocycles. The van der Waals surface area contributed by atoms with E-state index in [-0.39, 0.29) is 16.1 Å². The van der Waals surface area contributed by atoms with E-state index >= 15 is 0 Å². The van der Waals surface area contributed by atoms with Crippen LogP contribution in [0.15, 0.2) is 18.2 Å². The van der Waals surface area contributed by atoms with E-state index in [1.54, 1.807) is 6.07 Å². The van der Waals surface area contributed by atoms with Crippen molar-refractivity contribution in [2.75, 3.05) is 5.32 Å². The normalized spacial score (nSPS) is 18.0. The molecule has 0 saturated heterocycles. The zero-order valence-electron chi connectivity index (χ0n) is 10.3. The molecular weight excluding hydrogens is 216 g/mol. The summed E-state index contributed by atoms with van der Waals surface area (Å²) in [6.07, 6.45) is 4.56. The van der Waals surface area contributed by atoms with E-state index in [4.69, 9.17) is 0 Å². The fraction of sp³-hybridized carbons (Fsp3) is 0.538. The van der Waals surface area contributed by atoms with Crippen LogP contribution in [-0.2, 0) is 0 Å². The molecule has 0 aromatic heterocycles. The molecule has 0 atom stereocenters. The average Bonchev–Trinajstić information content (AvgIpc) is 2.67. The van der Waals surface area contributed by atoms with Crippen molar-refractivity contribution in [3.63, 3.8) is 0 Å². The van der Waals surface area contributed by atoms with Crippen LogP contribution in [0.5, 0.6) is 0 Å². The Balaban J connectivity index is 2.28. The van der Waals surface area contributed by atoms with Crippen LogP contribution < -0.4 is 5.32 Å². The third-order valence-electron chi connectivity index (χ3n) is 3.49. The van der Waals surface area contributed by atoms with Gasteiger partial charge in [-0.25, -0.2) is 0 Å². The monoisotopic (exact) mass is 234 g/mol. The van der Waals surface area contributed by atoms with Crippen LogP contribution in [0.4, 0.5) is 11.4 Å². The largest absolute Gasteiger partial charge is 0.374 e. The number of nitro groups is 1. The molecule has 92 valence electrons. The Morgan fingerprint density at radius 3 is 2.59 bits per heavy atom. The minimum atomic E-state index is -0.312. The van der Waals surface area contributed by atoms with Gasteiger partial charge in [0.2, 0.25) is 0 Å². The van der Waals surface area contributed by atoms with Crippen molar-refractivity contribution in [3.05, 3.63) is 33.9 Å². The van der Waals surface area contributed by atoms with Crippen molar-refractivity contribution >= 4 is 11.4 Å². The van der Waals surface area contributed by atoms with E-state index < -0.39 is 0 Å². The van der Waals surface area contributed by atoms with Crippen molar-refractivity contribution < 1.29 is 4.92 Å². The first-order valence-electron chi connectivity index (χ1n) is 6.03. The van der Waals surface area contributed by atoms with E-state index in [1.165, 1.54) is 12.8 Å². The Morgan fingerprint density at radius 1 is 1.35 bits per heavy atom. The third-order valence-corrected chi connectivity index (χ3v) is 3.49. The molecule has 4 heteroatoms. The number of hydrogen-bond donors (Lipinski definition) is 1. The average molecular weight is 234 g/mol. The van der Waals surface area contributed by atoms with Crippen LogP contribution >= 0.6 is 0 Å². The van der Waals surface area contributed by atoms with E-state index in [1.807, 2.05) is 19.1 Å². The first-order chi connectivity index (χ1) is 8.00. The van der Waals surface area contributed by atoms with Crippen molar-refractivity contribution in [3.8, 4) is 0 Å². The second-order valence-electron chi connectivity index (χ2n) is 5.17. The van der Waals surface area contributed by atoms with Gasteiger partial charge < -0.3 is 5.32 Å². The maximum absolute atomic E-state index is 11.0. The zero-order valence-corrected chi connectivity index (χ0v) is 10.3. The SMILES string of the molecule is Cc1ccc(NC2(C)CCCC2)c([N+](=O)[O-])c1. The molecule has 1 aliphatic rings. The fourth-order valence-corrected chi connectivity index (χ4v) is 2.50. The number of hydrogen-bond acceptors (Lipinski definition) is 3. The summed E-state index contributed by atoms with van der Waals surface area (Å²) >= 11 is 0. The molecule has 1 N–H and O–H groups in total. The van der Waals surface area contributed by atoms with Crippen LogP contribution in [0.3, 0.4) is 0 Å². The topological polar surface area (TPSA) is 55.2 Å². The number of nitrogens with one attached hydrogen (secondary N) is 1. The summed E-state index contributed by atoms with van der Waals surface area (Å²) in [7, 11) is 0. The van der Waals surface area contributed by atoms with Gasteiger partial charge in [0.15, 0.2) is 0 Å². The van der Waals surface area contributed by atoms with Gasteiger partial charge in [-0.05, 0) is 38.3 Å². The highest BCUT2D eigenvalue weighted by Gasteiger charge is 2.30. The molecule has 1 aliphatic carbocycles. The summed E-state index contributed by atoms with van der Waals surface area (Å²) in [6.45, 7) is 4.01. The number of rotatable bonds is 3. The molecule has 2 rings (SSSR count). The van der Waals surface area contributed by atoms with Gasteiger partial charge in [-0.15, -0.1) is 0 Å². The summed E-state index contributed by atoms with van der Waals surface area (Å²) in [5.41, 5.74) is 1.75. The quantitative estimate of drug-likeness (QED) is 0.641.